The van der Waals surface area contributed by atoms with E-state index in [1.54, 1.807) is 0 Å². The van der Waals surface area contributed by atoms with Gasteiger partial charge in [0.25, 0.3) is 0 Å². The van der Waals surface area contributed by atoms with Crippen molar-refractivity contribution < 1.29 is 0 Å². The van der Waals surface area contributed by atoms with E-state index in [0.29, 0.717) is 11.5 Å². The molecule has 0 heterocycles. The van der Waals surface area contributed by atoms with Gasteiger partial charge in [-0.15, -0.1) is 0 Å². The molecular formula is C14H22ClN. The first-order valence-electron chi connectivity index (χ1n) is 5.93. The van der Waals surface area contributed by atoms with Crippen LogP contribution in [0.3, 0.4) is 0 Å². The van der Waals surface area contributed by atoms with Crippen LogP contribution in [0.1, 0.15) is 45.7 Å². The van der Waals surface area contributed by atoms with Crippen molar-refractivity contribution in [3.63, 3.8) is 0 Å². The summed E-state index contributed by atoms with van der Waals surface area (Å²) in [5, 5.41) is 4.36. The van der Waals surface area contributed by atoms with Gasteiger partial charge in [-0.1, -0.05) is 44.5 Å². The average Bonchev–Trinajstić information content (AvgIpc) is 2.27. The van der Waals surface area contributed by atoms with E-state index in [-0.39, 0.29) is 0 Å². The normalized spacial score (nSPS) is 13.8. The maximum atomic E-state index is 5.87. The Morgan fingerprint density at radius 2 is 1.81 bits per heavy atom. The van der Waals surface area contributed by atoms with E-state index in [4.69, 9.17) is 11.6 Å². The van der Waals surface area contributed by atoms with Crippen LogP contribution in [0, 0.1) is 5.41 Å². The first-order valence-corrected chi connectivity index (χ1v) is 6.31. The van der Waals surface area contributed by atoms with Crippen LogP contribution in [0.25, 0.3) is 0 Å². The molecule has 2 heteroatoms. The molecule has 0 saturated carbocycles. The number of nitrogens with one attached hydrogen (secondary N) is 1. The first kappa shape index (κ1) is 13.5. The summed E-state index contributed by atoms with van der Waals surface area (Å²) in [5.41, 5.74) is 1.65. The second-order valence-electron chi connectivity index (χ2n) is 5.17. The predicted molar refractivity (Wildman–Crippen MR) is 71.9 cm³/mol. The maximum absolute atomic E-state index is 5.87. The molecule has 90 valence electrons. The smallest absolute Gasteiger partial charge is 0.0406 e. The number of hydrogen-bond donors (Lipinski definition) is 1. The minimum absolute atomic E-state index is 0.362. The highest BCUT2D eigenvalue weighted by Gasteiger charge is 2.16. The van der Waals surface area contributed by atoms with Gasteiger partial charge in [-0.3, -0.25) is 0 Å². The molecule has 0 saturated heterocycles. The van der Waals surface area contributed by atoms with Gasteiger partial charge in [0.2, 0.25) is 0 Å². The van der Waals surface area contributed by atoms with Crippen molar-refractivity contribution in [2.45, 2.75) is 40.2 Å². The van der Waals surface area contributed by atoms with E-state index in [9.17, 15) is 0 Å². The first-order chi connectivity index (χ1) is 7.44. The Morgan fingerprint density at radius 3 is 2.31 bits per heavy atom. The van der Waals surface area contributed by atoms with Gasteiger partial charge in [0.05, 0.1) is 0 Å². The van der Waals surface area contributed by atoms with Crippen LogP contribution in [-0.4, -0.2) is 6.54 Å². The van der Waals surface area contributed by atoms with Gasteiger partial charge < -0.3 is 5.32 Å². The fraction of sp³-hybridized carbons (Fsp3) is 0.571. The van der Waals surface area contributed by atoms with Gasteiger partial charge in [0, 0.05) is 17.6 Å². The molecule has 1 nitrogen and oxygen atoms in total. The molecule has 0 radical (unpaired) electrons. The zero-order chi connectivity index (χ0) is 12.2. The van der Waals surface area contributed by atoms with Crippen molar-refractivity contribution in [3.8, 4) is 0 Å². The molecule has 0 aromatic heterocycles. The molecule has 1 aromatic carbocycles. The molecule has 0 amide bonds. The third-order valence-corrected chi connectivity index (χ3v) is 3.47. The predicted octanol–water partition coefficient (Wildman–Crippen LogP) is 4.43. The lowest BCUT2D eigenvalue weighted by atomic mass is 9.90. The van der Waals surface area contributed by atoms with E-state index < -0.39 is 0 Å². The van der Waals surface area contributed by atoms with E-state index in [1.165, 1.54) is 12.0 Å². The zero-order valence-electron chi connectivity index (χ0n) is 10.7. The van der Waals surface area contributed by atoms with Crippen molar-refractivity contribution in [1.29, 1.82) is 0 Å². The molecule has 16 heavy (non-hydrogen) atoms. The van der Waals surface area contributed by atoms with Gasteiger partial charge in [-0.05, 0) is 36.5 Å². The Morgan fingerprint density at radius 1 is 1.25 bits per heavy atom. The van der Waals surface area contributed by atoms with Crippen molar-refractivity contribution in [1.82, 2.24) is 5.32 Å². The third-order valence-electron chi connectivity index (χ3n) is 3.21. The largest absolute Gasteiger partial charge is 0.310 e. The Hall–Kier alpha value is -0.530. The fourth-order valence-corrected chi connectivity index (χ4v) is 1.55. The van der Waals surface area contributed by atoms with Crippen LogP contribution >= 0.6 is 11.6 Å². The summed E-state index contributed by atoms with van der Waals surface area (Å²) in [6, 6.07) is 8.43. The Labute approximate surface area is 104 Å². The third kappa shape index (κ3) is 4.15. The molecule has 1 rings (SSSR count). The number of benzene rings is 1. The number of rotatable bonds is 5. The number of halogens is 1. The monoisotopic (exact) mass is 239 g/mol. The maximum Gasteiger partial charge on any atom is 0.0406 e. The standard InChI is InChI=1S/C14H22ClN/c1-5-14(3,4)10-16-11(2)12-6-8-13(15)9-7-12/h6-9,11,16H,5,10H2,1-4H3. The lowest BCUT2D eigenvalue weighted by molar-refractivity contribution is 0.314. The minimum atomic E-state index is 0.362. The highest BCUT2D eigenvalue weighted by Crippen LogP contribution is 2.21. The minimum Gasteiger partial charge on any atom is -0.310 e. The second kappa shape index (κ2) is 5.70. The summed E-state index contributed by atoms with van der Waals surface area (Å²) < 4.78 is 0. The van der Waals surface area contributed by atoms with Crippen molar-refractivity contribution in [2.75, 3.05) is 6.54 Å². The summed E-state index contributed by atoms with van der Waals surface area (Å²) in [4.78, 5) is 0. The Bertz CT molecular complexity index is 316. The van der Waals surface area contributed by atoms with Crippen LogP contribution in [0.2, 0.25) is 5.02 Å². The summed E-state index contributed by atoms with van der Waals surface area (Å²) in [7, 11) is 0. The summed E-state index contributed by atoms with van der Waals surface area (Å²) >= 11 is 5.87. The van der Waals surface area contributed by atoms with E-state index >= 15 is 0 Å². The highest BCUT2D eigenvalue weighted by atomic mass is 35.5. The lowest BCUT2D eigenvalue weighted by Crippen LogP contribution is -2.30. The van der Waals surface area contributed by atoms with Gasteiger partial charge in [-0.25, -0.2) is 0 Å². The van der Waals surface area contributed by atoms with Gasteiger partial charge in [-0.2, -0.15) is 0 Å². The van der Waals surface area contributed by atoms with Crippen LogP contribution < -0.4 is 5.32 Å². The van der Waals surface area contributed by atoms with Crippen molar-refractivity contribution in [2.24, 2.45) is 5.41 Å². The molecule has 0 fully saturated rings. The second-order valence-corrected chi connectivity index (χ2v) is 5.61. The van der Waals surface area contributed by atoms with Crippen molar-refractivity contribution in [3.05, 3.63) is 34.9 Å². The average molecular weight is 240 g/mol. The molecule has 0 aliphatic rings. The molecule has 0 spiro atoms. The highest BCUT2D eigenvalue weighted by molar-refractivity contribution is 6.30. The zero-order valence-corrected chi connectivity index (χ0v) is 11.4. The fourth-order valence-electron chi connectivity index (χ4n) is 1.42. The molecule has 0 aliphatic heterocycles. The van der Waals surface area contributed by atoms with Gasteiger partial charge in [0.1, 0.15) is 0 Å². The van der Waals surface area contributed by atoms with Crippen LogP contribution in [0.15, 0.2) is 24.3 Å². The molecule has 1 atom stereocenters. The quantitative estimate of drug-likeness (QED) is 0.802. The topological polar surface area (TPSA) is 12.0 Å². The molecule has 0 bridgehead atoms. The summed E-state index contributed by atoms with van der Waals surface area (Å²) in [5.74, 6) is 0. The van der Waals surface area contributed by atoms with E-state index in [0.717, 1.165) is 11.6 Å². The summed E-state index contributed by atoms with van der Waals surface area (Å²) in [6.07, 6.45) is 1.19. The molecule has 1 unspecified atom stereocenters. The van der Waals surface area contributed by atoms with E-state index in [1.807, 2.05) is 12.1 Å². The van der Waals surface area contributed by atoms with Crippen molar-refractivity contribution >= 4 is 11.6 Å². The SMILES string of the molecule is CCC(C)(C)CNC(C)c1ccc(Cl)cc1. The molecule has 1 aromatic rings. The van der Waals surface area contributed by atoms with Crippen LogP contribution in [0.4, 0.5) is 0 Å². The molecular weight excluding hydrogens is 218 g/mol. The Balaban J connectivity index is 2.53. The summed E-state index contributed by atoms with van der Waals surface area (Å²) in [6.45, 7) is 10.0. The van der Waals surface area contributed by atoms with Crippen LogP contribution in [0.5, 0.6) is 0 Å². The Kier molecular flexibility index (Phi) is 4.82. The van der Waals surface area contributed by atoms with Gasteiger partial charge >= 0.3 is 0 Å². The van der Waals surface area contributed by atoms with E-state index in [2.05, 4.69) is 45.1 Å². The number of hydrogen-bond acceptors (Lipinski definition) is 1. The molecule has 0 aliphatic carbocycles. The molecule has 1 N–H and O–H groups in total. The lowest BCUT2D eigenvalue weighted by Gasteiger charge is -2.26. The van der Waals surface area contributed by atoms with Gasteiger partial charge in [0.15, 0.2) is 0 Å². The van der Waals surface area contributed by atoms with Crippen LogP contribution in [-0.2, 0) is 0 Å².